The van der Waals surface area contributed by atoms with Crippen LogP contribution in [-0.4, -0.2) is 34.9 Å². The van der Waals surface area contributed by atoms with Gasteiger partial charge in [0.05, 0.1) is 6.20 Å². The first-order valence-electron chi connectivity index (χ1n) is 7.05. The molecule has 7 heteroatoms. The topological polar surface area (TPSA) is 89.1 Å². The molecule has 0 amide bonds. The minimum atomic E-state index is 0.239. The average Bonchev–Trinajstić information content (AvgIpc) is 3.00. The van der Waals surface area contributed by atoms with Gasteiger partial charge in [0.2, 0.25) is 0 Å². The van der Waals surface area contributed by atoms with Gasteiger partial charge in [0.15, 0.2) is 11.5 Å². The van der Waals surface area contributed by atoms with Crippen LogP contribution in [0.2, 0.25) is 0 Å². The molecule has 7 nitrogen and oxygen atoms in total. The lowest BCUT2D eigenvalue weighted by molar-refractivity contribution is 0.475. The monoisotopic (exact) mass is 304 g/mol. The molecule has 0 spiro atoms. The molecule has 112 valence electrons. The van der Waals surface area contributed by atoms with Crippen LogP contribution in [0.4, 0.5) is 0 Å². The molecule has 0 bridgehead atoms. The Balaban J connectivity index is 1.74. The third kappa shape index (κ3) is 2.59. The number of phenols is 1. The molecule has 0 saturated carbocycles. The first-order valence-corrected chi connectivity index (χ1v) is 7.05. The van der Waals surface area contributed by atoms with Crippen LogP contribution in [0.5, 0.6) is 5.75 Å². The van der Waals surface area contributed by atoms with Crippen molar-refractivity contribution >= 4 is 5.65 Å². The van der Waals surface area contributed by atoms with Gasteiger partial charge in [-0.25, -0.2) is 0 Å². The van der Waals surface area contributed by atoms with Gasteiger partial charge in [0.1, 0.15) is 17.1 Å². The summed E-state index contributed by atoms with van der Waals surface area (Å²) in [6.07, 6.45) is 5.48. The van der Waals surface area contributed by atoms with Crippen LogP contribution in [0.15, 0.2) is 55.0 Å². The van der Waals surface area contributed by atoms with Crippen LogP contribution in [0.3, 0.4) is 0 Å². The zero-order chi connectivity index (χ0) is 15.6. The second-order valence-electron chi connectivity index (χ2n) is 5.04. The van der Waals surface area contributed by atoms with E-state index in [4.69, 9.17) is 0 Å². The van der Waals surface area contributed by atoms with Gasteiger partial charge in [-0.2, -0.15) is 9.61 Å². The lowest BCUT2D eigenvalue weighted by Gasteiger charge is -2.03. The molecule has 3 heterocycles. The normalized spacial score (nSPS) is 11.0. The molecule has 23 heavy (non-hydrogen) atoms. The minimum Gasteiger partial charge on any atom is -0.508 e. The highest BCUT2D eigenvalue weighted by Crippen LogP contribution is 2.16. The number of nitrogens with zero attached hydrogens (tertiary/aromatic N) is 6. The maximum absolute atomic E-state index is 9.36. The Bertz CT molecular complexity index is 949. The predicted molar refractivity (Wildman–Crippen MR) is 82.7 cm³/mol. The number of fused-ring (bicyclic) bond motifs is 1. The van der Waals surface area contributed by atoms with E-state index in [1.54, 1.807) is 35.2 Å². The van der Waals surface area contributed by atoms with E-state index in [9.17, 15) is 5.11 Å². The summed E-state index contributed by atoms with van der Waals surface area (Å²) in [5, 5.41) is 22.2. The first kappa shape index (κ1) is 13.3. The summed E-state index contributed by atoms with van der Waals surface area (Å²) in [6.45, 7) is 0. The summed E-state index contributed by atoms with van der Waals surface area (Å²) in [5.41, 5.74) is 3.09. The molecular weight excluding hydrogens is 292 g/mol. The molecule has 0 atom stereocenters. The van der Waals surface area contributed by atoms with Crippen molar-refractivity contribution in [3.8, 4) is 17.1 Å². The molecule has 1 N–H and O–H groups in total. The van der Waals surface area contributed by atoms with Crippen molar-refractivity contribution < 1.29 is 5.11 Å². The van der Waals surface area contributed by atoms with Crippen molar-refractivity contribution in [3.63, 3.8) is 0 Å². The highest BCUT2D eigenvalue weighted by Gasteiger charge is 2.10. The van der Waals surface area contributed by atoms with E-state index in [1.165, 1.54) is 0 Å². The molecule has 0 saturated heterocycles. The van der Waals surface area contributed by atoms with Gasteiger partial charge in [-0.3, -0.25) is 9.97 Å². The van der Waals surface area contributed by atoms with Crippen molar-refractivity contribution in [1.82, 2.24) is 29.8 Å². The Morgan fingerprint density at radius 3 is 2.57 bits per heavy atom. The number of aromatic hydroxyl groups is 1. The molecule has 0 aliphatic heterocycles. The van der Waals surface area contributed by atoms with Gasteiger partial charge in [0, 0.05) is 18.8 Å². The van der Waals surface area contributed by atoms with Crippen molar-refractivity contribution in [1.29, 1.82) is 0 Å². The van der Waals surface area contributed by atoms with E-state index in [1.807, 2.05) is 24.3 Å². The largest absolute Gasteiger partial charge is 0.508 e. The third-order valence-corrected chi connectivity index (χ3v) is 3.45. The number of rotatable bonds is 3. The lowest BCUT2D eigenvalue weighted by Crippen LogP contribution is -2.02. The zero-order valence-corrected chi connectivity index (χ0v) is 12.0. The Kier molecular flexibility index (Phi) is 3.16. The molecule has 0 aliphatic carbocycles. The fraction of sp³-hybridized carbons (Fsp3) is 0.0625. The first-order chi connectivity index (χ1) is 11.3. The summed E-state index contributed by atoms with van der Waals surface area (Å²) >= 11 is 0. The van der Waals surface area contributed by atoms with Gasteiger partial charge in [-0.05, 0) is 29.8 Å². The SMILES string of the molecule is Oc1ccc(Cc2nnc3ccc(-c4cnccn4)nn23)cc1. The maximum Gasteiger partial charge on any atom is 0.177 e. The molecule has 4 rings (SSSR count). The summed E-state index contributed by atoms with van der Waals surface area (Å²) < 4.78 is 1.71. The standard InChI is InChI=1S/C16H12N6O/c23-12-3-1-11(2-4-12)9-16-20-19-15-6-5-13(21-22(15)16)14-10-17-7-8-18-14/h1-8,10,23H,9H2. The number of benzene rings is 1. The van der Waals surface area contributed by atoms with Crippen LogP contribution < -0.4 is 0 Å². The van der Waals surface area contributed by atoms with Gasteiger partial charge in [0.25, 0.3) is 0 Å². The number of hydrogen-bond acceptors (Lipinski definition) is 6. The van der Waals surface area contributed by atoms with E-state index in [0.717, 1.165) is 11.4 Å². The minimum absolute atomic E-state index is 0.239. The third-order valence-electron chi connectivity index (χ3n) is 3.45. The van der Waals surface area contributed by atoms with Crippen molar-refractivity contribution in [2.45, 2.75) is 6.42 Å². The maximum atomic E-state index is 9.36. The zero-order valence-electron chi connectivity index (χ0n) is 12.0. The van der Waals surface area contributed by atoms with E-state index >= 15 is 0 Å². The Labute approximate surface area is 131 Å². The van der Waals surface area contributed by atoms with Crippen LogP contribution in [-0.2, 0) is 6.42 Å². The predicted octanol–water partition coefficient (Wildman–Crippen LogP) is 1.88. The molecule has 0 unspecified atom stereocenters. The highest BCUT2D eigenvalue weighted by molar-refractivity contribution is 5.54. The lowest BCUT2D eigenvalue weighted by atomic mass is 10.1. The number of hydrogen-bond donors (Lipinski definition) is 1. The van der Waals surface area contributed by atoms with Crippen LogP contribution in [0.25, 0.3) is 17.0 Å². The second kappa shape index (κ2) is 5.45. The molecule has 3 aromatic heterocycles. The van der Waals surface area contributed by atoms with Gasteiger partial charge in [-0.15, -0.1) is 10.2 Å². The van der Waals surface area contributed by atoms with Crippen LogP contribution in [0, 0.1) is 0 Å². The van der Waals surface area contributed by atoms with Crippen molar-refractivity contribution in [3.05, 3.63) is 66.4 Å². The average molecular weight is 304 g/mol. The fourth-order valence-electron chi connectivity index (χ4n) is 2.31. The summed E-state index contributed by atoms with van der Waals surface area (Å²) in [5.74, 6) is 0.958. The van der Waals surface area contributed by atoms with Crippen molar-refractivity contribution in [2.24, 2.45) is 0 Å². The summed E-state index contributed by atoms with van der Waals surface area (Å²) in [6, 6.07) is 10.7. The van der Waals surface area contributed by atoms with E-state index in [2.05, 4.69) is 25.3 Å². The van der Waals surface area contributed by atoms with Gasteiger partial charge >= 0.3 is 0 Å². The van der Waals surface area contributed by atoms with Crippen LogP contribution in [0.1, 0.15) is 11.4 Å². The summed E-state index contributed by atoms with van der Waals surface area (Å²) in [4.78, 5) is 8.32. The molecule has 1 aromatic carbocycles. The van der Waals surface area contributed by atoms with E-state index < -0.39 is 0 Å². The second-order valence-corrected chi connectivity index (χ2v) is 5.04. The molecular formula is C16H12N6O. The highest BCUT2D eigenvalue weighted by atomic mass is 16.3. The molecule has 4 aromatic rings. The quantitative estimate of drug-likeness (QED) is 0.621. The Hall–Kier alpha value is -3.35. The van der Waals surface area contributed by atoms with Gasteiger partial charge in [-0.1, -0.05) is 12.1 Å². The number of aromatic nitrogens is 6. The summed E-state index contributed by atoms with van der Waals surface area (Å²) in [7, 11) is 0. The van der Waals surface area contributed by atoms with E-state index in [-0.39, 0.29) is 5.75 Å². The van der Waals surface area contributed by atoms with Crippen LogP contribution >= 0.6 is 0 Å². The Morgan fingerprint density at radius 2 is 1.78 bits per heavy atom. The van der Waals surface area contributed by atoms with Crippen molar-refractivity contribution in [2.75, 3.05) is 0 Å². The van der Waals surface area contributed by atoms with E-state index in [0.29, 0.717) is 23.5 Å². The van der Waals surface area contributed by atoms with Gasteiger partial charge < -0.3 is 5.11 Å². The molecule has 0 fully saturated rings. The molecule has 0 aliphatic rings. The smallest absolute Gasteiger partial charge is 0.177 e. The molecule has 0 radical (unpaired) electrons. The fourth-order valence-corrected chi connectivity index (χ4v) is 2.31. The Morgan fingerprint density at radius 1 is 0.913 bits per heavy atom. The number of phenolic OH excluding ortho intramolecular Hbond substituents is 1.